The van der Waals surface area contributed by atoms with Crippen molar-refractivity contribution in [3.05, 3.63) is 90.3 Å². The van der Waals surface area contributed by atoms with Crippen molar-refractivity contribution in [2.24, 2.45) is 0 Å². The van der Waals surface area contributed by atoms with Crippen molar-refractivity contribution in [2.45, 2.75) is 17.5 Å². The Bertz CT molecular complexity index is 1150. The zero-order valence-corrected chi connectivity index (χ0v) is 17.8. The second kappa shape index (κ2) is 9.85. The molecular formula is C24H21F2N3OS. The van der Waals surface area contributed by atoms with E-state index in [1.807, 2.05) is 22.8 Å². The maximum atomic E-state index is 14.0. The van der Waals surface area contributed by atoms with Crippen molar-refractivity contribution >= 4 is 11.8 Å². The Morgan fingerprint density at radius 2 is 1.74 bits per heavy atom. The number of methoxy groups -OCH3 is 1. The first-order chi connectivity index (χ1) is 15.2. The van der Waals surface area contributed by atoms with Gasteiger partial charge in [0.2, 0.25) is 5.95 Å². The number of thioether (sulfide) groups is 1. The minimum Gasteiger partial charge on any atom is -0.383 e. The van der Waals surface area contributed by atoms with Gasteiger partial charge in [0, 0.05) is 42.8 Å². The molecule has 0 bridgehead atoms. The first kappa shape index (κ1) is 21.2. The zero-order valence-electron chi connectivity index (χ0n) is 17.0. The Kier molecular flexibility index (Phi) is 6.74. The van der Waals surface area contributed by atoms with Gasteiger partial charge in [-0.2, -0.15) is 4.39 Å². The van der Waals surface area contributed by atoms with E-state index in [4.69, 9.17) is 9.72 Å². The summed E-state index contributed by atoms with van der Waals surface area (Å²) in [7, 11) is 1.64. The summed E-state index contributed by atoms with van der Waals surface area (Å²) >= 11 is 1.60. The molecule has 0 unspecified atom stereocenters. The van der Waals surface area contributed by atoms with Crippen molar-refractivity contribution in [3.8, 4) is 22.5 Å². The molecule has 4 aromatic rings. The molecule has 0 N–H and O–H groups in total. The van der Waals surface area contributed by atoms with Crippen LogP contribution in [0.1, 0.15) is 5.56 Å². The van der Waals surface area contributed by atoms with Crippen molar-refractivity contribution in [2.75, 3.05) is 13.7 Å². The number of imidazole rings is 1. The van der Waals surface area contributed by atoms with E-state index in [1.54, 1.807) is 37.1 Å². The van der Waals surface area contributed by atoms with Crippen LogP contribution in [0, 0.1) is 11.8 Å². The first-order valence-electron chi connectivity index (χ1n) is 9.80. The number of hydrogen-bond donors (Lipinski definition) is 0. The second-order valence-electron chi connectivity index (χ2n) is 6.88. The summed E-state index contributed by atoms with van der Waals surface area (Å²) in [4.78, 5) is 8.57. The summed E-state index contributed by atoms with van der Waals surface area (Å²) in [5.74, 6) is -0.157. The van der Waals surface area contributed by atoms with E-state index in [-0.39, 0.29) is 5.82 Å². The van der Waals surface area contributed by atoms with Crippen LogP contribution in [-0.4, -0.2) is 28.3 Å². The summed E-state index contributed by atoms with van der Waals surface area (Å²) in [6.45, 7) is 1.01. The third kappa shape index (κ3) is 5.00. The molecule has 0 amide bonds. The van der Waals surface area contributed by atoms with Gasteiger partial charge in [0.05, 0.1) is 18.0 Å². The van der Waals surface area contributed by atoms with Crippen LogP contribution in [-0.2, 0) is 17.0 Å². The van der Waals surface area contributed by atoms with Crippen molar-refractivity contribution in [1.82, 2.24) is 14.5 Å². The Balaban J connectivity index is 1.83. The number of ether oxygens (including phenoxy) is 1. The lowest BCUT2D eigenvalue weighted by molar-refractivity contribution is 0.185. The molecule has 2 aromatic heterocycles. The molecule has 0 saturated heterocycles. The Morgan fingerprint density at radius 3 is 2.45 bits per heavy atom. The number of halogens is 2. The van der Waals surface area contributed by atoms with E-state index >= 15 is 0 Å². The van der Waals surface area contributed by atoms with Gasteiger partial charge >= 0.3 is 0 Å². The molecule has 2 aromatic carbocycles. The van der Waals surface area contributed by atoms with Gasteiger partial charge in [-0.3, -0.25) is 0 Å². The highest BCUT2D eigenvalue weighted by molar-refractivity contribution is 7.98. The molecule has 0 aliphatic heterocycles. The number of benzene rings is 2. The van der Waals surface area contributed by atoms with Gasteiger partial charge in [-0.25, -0.2) is 14.4 Å². The predicted molar refractivity (Wildman–Crippen MR) is 119 cm³/mol. The van der Waals surface area contributed by atoms with Gasteiger partial charge in [0.25, 0.3) is 0 Å². The van der Waals surface area contributed by atoms with Crippen LogP contribution in [0.3, 0.4) is 0 Å². The van der Waals surface area contributed by atoms with Crippen LogP contribution in [0.15, 0.2) is 78.1 Å². The molecule has 158 valence electrons. The van der Waals surface area contributed by atoms with Gasteiger partial charge in [-0.1, -0.05) is 42.1 Å². The molecule has 0 aliphatic rings. The van der Waals surface area contributed by atoms with E-state index in [0.29, 0.717) is 24.4 Å². The number of pyridine rings is 1. The molecule has 0 atom stereocenters. The molecule has 4 nitrogen and oxygen atoms in total. The van der Waals surface area contributed by atoms with Crippen molar-refractivity contribution < 1.29 is 13.5 Å². The fraction of sp³-hybridized carbons (Fsp3) is 0.167. The molecular weight excluding hydrogens is 416 g/mol. The highest BCUT2D eigenvalue weighted by Crippen LogP contribution is 2.37. The number of hydrogen-bond acceptors (Lipinski definition) is 4. The lowest BCUT2D eigenvalue weighted by Gasteiger charge is -2.12. The fourth-order valence-electron chi connectivity index (χ4n) is 3.31. The van der Waals surface area contributed by atoms with Crippen LogP contribution < -0.4 is 0 Å². The second-order valence-corrected chi connectivity index (χ2v) is 7.83. The zero-order chi connectivity index (χ0) is 21.6. The summed E-state index contributed by atoms with van der Waals surface area (Å²) in [5, 5.41) is 0.785. The quantitative estimate of drug-likeness (QED) is 0.257. The summed E-state index contributed by atoms with van der Waals surface area (Å²) in [6.07, 6.45) is 1.43. The minimum atomic E-state index is -0.569. The van der Waals surface area contributed by atoms with Gasteiger partial charge in [0.1, 0.15) is 5.82 Å². The van der Waals surface area contributed by atoms with E-state index < -0.39 is 5.95 Å². The standard InChI is InChI=1S/C24H21F2N3OS/c1-30-14-13-29-23(19-11-12-27-21(26)15-19)22(18-7-9-20(25)10-8-18)28-24(29)31-16-17-5-3-2-4-6-17/h2-12,15H,13-14,16H2,1H3. The van der Waals surface area contributed by atoms with Crippen LogP contribution in [0.2, 0.25) is 0 Å². The smallest absolute Gasteiger partial charge is 0.213 e. The van der Waals surface area contributed by atoms with E-state index in [0.717, 1.165) is 22.2 Å². The van der Waals surface area contributed by atoms with E-state index in [9.17, 15) is 8.78 Å². The van der Waals surface area contributed by atoms with Crippen molar-refractivity contribution in [1.29, 1.82) is 0 Å². The van der Waals surface area contributed by atoms with Gasteiger partial charge in [-0.05, 0) is 35.9 Å². The van der Waals surface area contributed by atoms with Crippen LogP contribution >= 0.6 is 11.8 Å². The number of nitrogens with zero attached hydrogens (tertiary/aromatic N) is 3. The van der Waals surface area contributed by atoms with Gasteiger partial charge in [0.15, 0.2) is 5.16 Å². The molecule has 0 spiro atoms. The lowest BCUT2D eigenvalue weighted by atomic mass is 10.1. The normalized spacial score (nSPS) is 11.1. The fourth-order valence-corrected chi connectivity index (χ4v) is 4.29. The highest BCUT2D eigenvalue weighted by atomic mass is 32.2. The highest BCUT2D eigenvalue weighted by Gasteiger charge is 2.21. The van der Waals surface area contributed by atoms with Crippen LogP contribution in [0.25, 0.3) is 22.5 Å². The maximum Gasteiger partial charge on any atom is 0.213 e. The average Bonchev–Trinajstić information content (AvgIpc) is 3.15. The molecule has 4 rings (SSSR count). The number of rotatable bonds is 8. The van der Waals surface area contributed by atoms with E-state index in [2.05, 4.69) is 17.1 Å². The Morgan fingerprint density at radius 1 is 0.968 bits per heavy atom. The summed E-state index contributed by atoms with van der Waals surface area (Å²) in [6, 6.07) is 19.4. The Hall–Kier alpha value is -3.03. The van der Waals surface area contributed by atoms with E-state index in [1.165, 1.54) is 30.0 Å². The molecule has 0 aliphatic carbocycles. The molecule has 0 saturated carbocycles. The van der Waals surface area contributed by atoms with Crippen LogP contribution in [0.5, 0.6) is 0 Å². The molecule has 0 fully saturated rings. The third-order valence-electron chi connectivity index (χ3n) is 4.78. The van der Waals surface area contributed by atoms with Gasteiger partial charge in [-0.15, -0.1) is 0 Å². The SMILES string of the molecule is COCCn1c(SCc2ccccc2)nc(-c2ccc(F)cc2)c1-c1ccnc(F)c1. The minimum absolute atomic E-state index is 0.322. The molecule has 31 heavy (non-hydrogen) atoms. The van der Waals surface area contributed by atoms with Crippen molar-refractivity contribution in [3.63, 3.8) is 0 Å². The molecule has 0 radical (unpaired) electrons. The topological polar surface area (TPSA) is 39.9 Å². The number of aromatic nitrogens is 3. The summed E-state index contributed by atoms with van der Waals surface area (Å²) in [5.41, 5.74) is 4.00. The largest absolute Gasteiger partial charge is 0.383 e. The van der Waals surface area contributed by atoms with Crippen LogP contribution in [0.4, 0.5) is 8.78 Å². The predicted octanol–water partition coefficient (Wildman–Crippen LogP) is 5.83. The third-order valence-corrected chi connectivity index (χ3v) is 5.83. The van der Waals surface area contributed by atoms with Gasteiger partial charge < -0.3 is 9.30 Å². The Labute approximate surface area is 183 Å². The lowest BCUT2D eigenvalue weighted by Crippen LogP contribution is -2.07. The first-order valence-corrected chi connectivity index (χ1v) is 10.8. The molecule has 7 heteroatoms. The molecule has 2 heterocycles. The average molecular weight is 438 g/mol. The monoisotopic (exact) mass is 437 g/mol. The summed E-state index contributed by atoms with van der Waals surface area (Å²) < 4.78 is 34.9. The maximum absolute atomic E-state index is 14.0.